The topological polar surface area (TPSA) is 99.4 Å². The average molecular weight is 252 g/mol. The van der Waals surface area contributed by atoms with Gasteiger partial charge in [-0.25, -0.2) is 4.57 Å². The molecule has 1 aliphatic rings. The van der Waals surface area contributed by atoms with Crippen molar-refractivity contribution >= 4 is 7.82 Å². The van der Waals surface area contributed by atoms with E-state index < -0.39 is 7.82 Å². The van der Waals surface area contributed by atoms with E-state index in [4.69, 9.17) is 9.79 Å². The highest BCUT2D eigenvalue weighted by Gasteiger charge is 2.26. The van der Waals surface area contributed by atoms with Crippen molar-refractivity contribution in [2.75, 3.05) is 26.2 Å². The molecular formula is C8H17N2O5P. The zero-order valence-electron chi connectivity index (χ0n) is 8.99. The minimum atomic E-state index is -4.37. The number of phosphoric acid groups is 1. The Kier molecular flexibility index (Phi) is 5.51. The molecule has 8 heteroatoms. The quantitative estimate of drug-likeness (QED) is 0.393. The van der Waals surface area contributed by atoms with E-state index in [-0.39, 0.29) is 19.2 Å². The van der Waals surface area contributed by atoms with Crippen molar-refractivity contribution in [3.05, 3.63) is 4.91 Å². The maximum atomic E-state index is 10.6. The summed E-state index contributed by atoms with van der Waals surface area (Å²) in [5.41, 5.74) is 0. The van der Waals surface area contributed by atoms with Crippen LogP contribution in [0, 0.1) is 4.91 Å². The zero-order valence-corrected chi connectivity index (χ0v) is 9.88. The van der Waals surface area contributed by atoms with Crippen LogP contribution in [-0.2, 0) is 9.09 Å². The van der Waals surface area contributed by atoms with Crippen molar-refractivity contribution in [1.29, 1.82) is 0 Å². The third-order valence-corrected chi connectivity index (χ3v) is 3.11. The molecule has 1 atom stereocenters. The fraction of sp³-hybridized carbons (Fsp3) is 1.00. The first-order valence-corrected chi connectivity index (χ1v) is 6.79. The van der Waals surface area contributed by atoms with Crippen molar-refractivity contribution in [3.63, 3.8) is 0 Å². The van der Waals surface area contributed by atoms with Crippen LogP contribution in [0.4, 0.5) is 0 Å². The fourth-order valence-corrected chi connectivity index (χ4v) is 2.27. The predicted octanol–water partition coefficient (Wildman–Crippen LogP) is 0.717. The Morgan fingerprint density at radius 2 is 2.25 bits per heavy atom. The Labute approximate surface area is 94.0 Å². The Morgan fingerprint density at radius 3 is 2.88 bits per heavy atom. The number of likely N-dealkylation sites (tertiary alicyclic amines) is 1. The molecule has 1 heterocycles. The van der Waals surface area contributed by atoms with Crippen LogP contribution in [0.1, 0.15) is 19.3 Å². The highest BCUT2D eigenvalue weighted by Crippen LogP contribution is 2.36. The van der Waals surface area contributed by atoms with Gasteiger partial charge >= 0.3 is 7.82 Å². The first-order chi connectivity index (χ1) is 7.53. The van der Waals surface area contributed by atoms with Crippen LogP contribution in [0.2, 0.25) is 0 Å². The van der Waals surface area contributed by atoms with Crippen LogP contribution in [0.15, 0.2) is 5.18 Å². The van der Waals surface area contributed by atoms with E-state index in [0.717, 1.165) is 25.9 Å². The Hall–Kier alpha value is -0.330. The van der Waals surface area contributed by atoms with E-state index >= 15 is 0 Å². The second kappa shape index (κ2) is 6.42. The molecule has 0 bridgehead atoms. The largest absolute Gasteiger partial charge is 0.469 e. The molecule has 1 rings (SSSR count). The normalized spacial score (nSPS) is 22.5. The molecule has 0 aromatic heterocycles. The lowest BCUT2D eigenvalue weighted by Crippen LogP contribution is -2.33. The van der Waals surface area contributed by atoms with Gasteiger partial charge in [0.05, 0.1) is 13.2 Å². The molecule has 16 heavy (non-hydrogen) atoms. The highest BCUT2D eigenvalue weighted by atomic mass is 31.2. The molecule has 2 N–H and O–H groups in total. The summed E-state index contributed by atoms with van der Waals surface area (Å²) < 4.78 is 15.0. The lowest BCUT2D eigenvalue weighted by atomic mass is 10.2. The molecule has 0 aliphatic carbocycles. The van der Waals surface area contributed by atoms with E-state index in [0.29, 0.717) is 6.42 Å². The molecule has 0 aromatic rings. The summed E-state index contributed by atoms with van der Waals surface area (Å²) in [5.74, 6) is 0. The highest BCUT2D eigenvalue weighted by molar-refractivity contribution is 7.46. The van der Waals surface area contributed by atoms with Gasteiger partial charge in [0.1, 0.15) is 0 Å². The van der Waals surface area contributed by atoms with Crippen molar-refractivity contribution < 1.29 is 18.9 Å². The molecular weight excluding hydrogens is 235 g/mol. The van der Waals surface area contributed by atoms with Gasteiger partial charge in [0.25, 0.3) is 0 Å². The molecule has 94 valence electrons. The summed E-state index contributed by atoms with van der Waals surface area (Å²) in [4.78, 5) is 29.2. The van der Waals surface area contributed by atoms with Crippen molar-refractivity contribution in [3.8, 4) is 0 Å². The molecule has 1 saturated heterocycles. The summed E-state index contributed by atoms with van der Waals surface area (Å²) in [7, 11) is -4.37. The van der Waals surface area contributed by atoms with Crippen molar-refractivity contribution in [2.24, 2.45) is 5.18 Å². The van der Waals surface area contributed by atoms with Gasteiger partial charge in [0.15, 0.2) is 0 Å². The maximum Gasteiger partial charge on any atom is 0.469 e. The summed E-state index contributed by atoms with van der Waals surface area (Å²) in [6.07, 6.45) is 2.54. The Balaban J connectivity index is 2.28. The number of phosphoric ester groups is 1. The fourth-order valence-electron chi connectivity index (χ4n) is 1.90. The van der Waals surface area contributed by atoms with Gasteiger partial charge in [0, 0.05) is 12.6 Å². The van der Waals surface area contributed by atoms with Crippen LogP contribution in [0.5, 0.6) is 0 Å². The standard InChI is InChI=1S/C8H17N2O5P/c11-9-4-2-6-10-5-1-3-8(10)7-15-16(12,13)14/h8H,1-7H2,(H2,12,13,14)/t8-/m1/s1. The molecule has 0 spiro atoms. The average Bonchev–Trinajstić information content (AvgIpc) is 2.62. The van der Waals surface area contributed by atoms with Gasteiger partial charge in [-0.05, 0) is 25.8 Å². The smallest absolute Gasteiger partial charge is 0.303 e. The van der Waals surface area contributed by atoms with Gasteiger partial charge < -0.3 is 9.79 Å². The number of rotatable bonds is 7. The van der Waals surface area contributed by atoms with Crippen molar-refractivity contribution in [2.45, 2.75) is 25.3 Å². The minimum absolute atomic E-state index is 0.0405. The van der Waals surface area contributed by atoms with Crippen LogP contribution < -0.4 is 0 Å². The predicted molar refractivity (Wildman–Crippen MR) is 57.9 cm³/mol. The summed E-state index contributed by atoms with van der Waals surface area (Å²) in [6.45, 7) is 1.93. The van der Waals surface area contributed by atoms with Gasteiger partial charge in [0.2, 0.25) is 0 Å². The van der Waals surface area contributed by atoms with Crippen LogP contribution >= 0.6 is 7.82 Å². The number of hydrogen-bond acceptors (Lipinski definition) is 5. The third-order valence-electron chi connectivity index (χ3n) is 2.63. The molecule has 1 aliphatic heterocycles. The first-order valence-electron chi connectivity index (χ1n) is 5.26. The van der Waals surface area contributed by atoms with Gasteiger partial charge in [-0.3, -0.25) is 9.42 Å². The monoisotopic (exact) mass is 252 g/mol. The third kappa shape index (κ3) is 5.14. The summed E-state index contributed by atoms with van der Waals surface area (Å²) in [5, 5.41) is 2.77. The van der Waals surface area contributed by atoms with E-state index in [9.17, 15) is 9.47 Å². The molecule has 0 aromatic carbocycles. The Bertz CT molecular complexity index is 269. The van der Waals surface area contributed by atoms with E-state index in [2.05, 4.69) is 14.6 Å². The maximum absolute atomic E-state index is 10.6. The van der Waals surface area contributed by atoms with E-state index in [1.54, 1.807) is 0 Å². The van der Waals surface area contributed by atoms with Gasteiger partial charge in [-0.2, -0.15) is 4.91 Å². The molecule has 0 radical (unpaired) electrons. The molecule has 0 amide bonds. The lowest BCUT2D eigenvalue weighted by Gasteiger charge is -2.23. The van der Waals surface area contributed by atoms with E-state index in [1.807, 2.05) is 0 Å². The lowest BCUT2D eigenvalue weighted by molar-refractivity contribution is 0.134. The molecule has 7 nitrogen and oxygen atoms in total. The Morgan fingerprint density at radius 1 is 1.50 bits per heavy atom. The SMILES string of the molecule is O=NCCCN1CCC[C@@H]1COP(=O)(O)O. The summed E-state index contributed by atoms with van der Waals surface area (Å²) in [6, 6.07) is 0.0410. The van der Waals surface area contributed by atoms with E-state index in [1.165, 1.54) is 0 Å². The van der Waals surface area contributed by atoms with Crippen LogP contribution in [0.25, 0.3) is 0 Å². The number of hydrogen-bond donors (Lipinski definition) is 2. The second-order valence-electron chi connectivity index (χ2n) is 3.82. The zero-order chi connectivity index (χ0) is 12.0. The van der Waals surface area contributed by atoms with Gasteiger partial charge in [-0.1, -0.05) is 5.18 Å². The van der Waals surface area contributed by atoms with Crippen LogP contribution in [0.3, 0.4) is 0 Å². The molecule has 0 saturated carbocycles. The number of nitroso groups, excluding NO2 is 1. The minimum Gasteiger partial charge on any atom is -0.303 e. The van der Waals surface area contributed by atoms with Crippen LogP contribution in [-0.4, -0.2) is 47.0 Å². The second-order valence-corrected chi connectivity index (χ2v) is 5.06. The molecule has 1 fully saturated rings. The van der Waals surface area contributed by atoms with Crippen molar-refractivity contribution in [1.82, 2.24) is 4.90 Å². The number of nitrogens with zero attached hydrogens (tertiary/aromatic N) is 2. The first kappa shape index (κ1) is 13.7. The summed E-state index contributed by atoms with van der Waals surface area (Å²) >= 11 is 0. The van der Waals surface area contributed by atoms with Gasteiger partial charge in [-0.15, -0.1) is 0 Å². The molecule has 0 unspecified atom stereocenters.